The van der Waals surface area contributed by atoms with Gasteiger partial charge >= 0.3 is 0 Å². The fourth-order valence-corrected chi connectivity index (χ4v) is 2.47. The largest absolute Gasteiger partial charge is 0.382 e. The molecule has 0 aromatic carbocycles. The van der Waals surface area contributed by atoms with E-state index in [1.807, 2.05) is 0 Å². The van der Waals surface area contributed by atoms with Crippen molar-refractivity contribution in [2.24, 2.45) is 5.92 Å². The predicted molar refractivity (Wildman–Crippen MR) is 71.4 cm³/mol. The maximum absolute atomic E-state index is 5.60. The third-order valence-corrected chi connectivity index (χ3v) is 3.43. The molecule has 1 heterocycles. The molecule has 0 aromatic heterocycles. The fraction of sp³-hybridized carbons (Fsp3) is 1.00. The lowest BCUT2D eigenvalue weighted by molar-refractivity contribution is 0.0358. The maximum atomic E-state index is 5.60. The Morgan fingerprint density at radius 2 is 2.29 bits per heavy atom. The van der Waals surface area contributed by atoms with Crippen LogP contribution in [0.2, 0.25) is 0 Å². The van der Waals surface area contributed by atoms with Crippen molar-refractivity contribution in [1.82, 2.24) is 5.32 Å². The maximum Gasteiger partial charge on any atom is 0.0509 e. The molecule has 0 aliphatic carbocycles. The smallest absolute Gasteiger partial charge is 0.0509 e. The molecular formula is C14H29NO2. The molecular weight excluding hydrogens is 214 g/mol. The highest BCUT2D eigenvalue weighted by molar-refractivity contribution is 4.78. The third kappa shape index (κ3) is 6.39. The van der Waals surface area contributed by atoms with E-state index in [9.17, 15) is 0 Å². The second-order valence-corrected chi connectivity index (χ2v) is 4.88. The van der Waals surface area contributed by atoms with Gasteiger partial charge in [0, 0.05) is 25.9 Å². The molecule has 0 spiro atoms. The van der Waals surface area contributed by atoms with Crippen molar-refractivity contribution in [2.75, 3.05) is 33.0 Å². The van der Waals surface area contributed by atoms with E-state index < -0.39 is 0 Å². The topological polar surface area (TPSA) is 30.5 Å². The van der Waals surface area contributed by atoms with Crippen LogP contribution in [0.1, 0.15) is 46.0 Å². The summed E-state index contributed by atoms with van der Waals surface area (Å²) in [6.07, 6.45) is 6.12. The number of hydrogen-bond donors (Lipinski definition) is 1. The number of ether oxygens (including phenoxy) is 2. The summed E-state index contributed by atoms with van der Waals surface area (Å²) in [5.74, 6) is 0.705. The van der Waals surface area contributed by atoms with E-state index >= 15 is 0 Å². The van der Waals surface area contributed by atoms with Crippen LogP contribution in [-0.4, -0.2) is 39.0 Å². The summed E-state index contributed by atoms with van der Waals surface area (Å²) in [7, 11) is 0. The SMILES string of the molecule is CCCNC(CCCOCC)C1CCCOC1. The van der Waals surface area contributed by atoms with Gasteiger partial charge in [-0.1, -0.05) is 6.92 Å². The zero-order chi connectivity index (χ0) is 12.3. The molecule has 2 unspecified atom stereocenters. The van der Waals surface area contributed by atoms with Crippen LogP contribution in [0.5, 0.6) is 0 Å². The van der Waals surface area contributed by atoms with Gasteiger partial charge in [0.05, 0.1) is 6.61 Å². The average Bonchev–Trinajstić information content (AvgIpc) is 2.39. The highest BCUT2D eigenvalue weighted by Gasteiger charge is 2.23. The molecule has 1 rings (SSSR count). The fourth-order valence-electron chi connectivity index (χ4n) is 2.47. The van der Waals surface area contributed by atoms with Crippen LogP contribution in [0.3, 0.4) is 0 Å². The van der Waals surface area contributed by atoms with Gasteiger partial charge in [0.2, 0.25) is 0 Å². The summed E-state index contributed by atoms with van der Waals surface area (Å²) in [6.45, 7) is 9.03. The number of nitrogens with one attached hydrogen (secondary N) is 1. The third-order valence-electron chi connectivity index (χ3n) is 3.43. The Bertz CT molecular complexity index is 170. The van der Waals surface area contributed by atoms with Crippen LogP contribution < -0.4 is 5.32 Å². The van der Waals surface area contributed by atoms with Gasteiger partial charge in [-0.15, -0.1) is 0 Å². The van der Waals surface area contributed by atoms with Gasteiger partial charge in [0.1, 0.15) is 0 Å². The lowest BCUT2D eigenvalue weighted by Gasteiger charge is -2.31. The predicted octanol–water partition coefficient (Wildman–Crippen LogP) is 2.60. The van der Waals surface area contributed by atoms with Crippen molar-refractivity contribution < 1.29 is 9.47 Å². The Morgan fingerprint density at radius 3 is 2.94 bits per heavy atom. The van der Waals surface area contributed by atoms with Crippen LogP contribution in [-0.2, 0) is 9.47 Å². The highest BCUT2D eigenvalue weighted by atomic mass is 16.5. The molecule has 2 atom stereocenters. The average molecular weight is 243 g/mol. The minimum atomic E-state index is 0.621. The van der Waals surface area contributed by atoms with Crippen molar-refractivity contribution in [3.63, 3.8) is 0 Å². The summed E-state index contributed by atoms with van der Waals surface area (Å²) in [6, 6.07) is 0.621. The Morgan fingerprint density at radius 1 is 1.41 bits per heavy atom. The van der Waals surface area contributed by atoms with Crippen molar-refractivity contribution in [2.45, 2.75) is 52.0 Å². The van der Waals surface area contributed by atoms with Crippen LogP contribution in [0.15, 0.2) is 0 Å². The summed E-state index contributed by atoms with van der Waals surface area (Å²) < 4.78 is 11.0. The standard InChI is InChI=1S/C14H29NO2/c1-3-9-15-14(8-6-10-16-4-2)13-7-5-11-17-12-13/h13-15H,3-12H2,1-2H3. The molecule has 0 bridgehead atoms. The van der Waals surface area contributed by atoms with Gasteiger partial charge in [-0.3, -0.25) is 0 Å². The molecule has 3 heteroatoms. The van der Waals surface area contributed by atoms with Gasteiger partial charge in [-0.25, -0.2) is 0 Å². The molecule has 17 heavy (non-hydrogen) atoms. The normalized spacial score (nSPS) is 22.6. The molecule has 3 nitrogen and oxygen atoms in total. The highest BCUT2D eigenvalue weighted by Crippen LogP contribution is 2.20. The summed E-state index contributed by atoms with van der Waals surface area (Å²) >= 11 is 0. The molecule has 102 valence electrons. The Hall–Kier alpha value is -0.120. The molecule has 1 aliphatic heterocycles. The minimum absolute atomic E-state index is 0.621. The van der Waals surface area contributed by atoms with Gasteiger partial charge in [0.25, 0.3) is 0 Å². The molecule has 0 aromatic rings. The van der Waals surface area contributed by atoms with Crippen LogP contribution >= 0.6 is 0 Å². The van der Waals surface area contributed by atoms with Crippen molar-refractivity contribution in [3.05, 3.63) is 0 Å². The van der Waals surface area contributed by atoms with E-state index in [1.165, 1.54) is 25.7 Å². The van der Waals surface area contributed by atoms with Crippen LogP contribution in [0.4, 0.5) is 0 Å². The molecule has 1 saturated heterocycles. The summed E-state index contributed by atoms with van der Waals surface area (Å²) in [4.78, 5) is 0. The zero-order valence-electron chi connectivity index (χ0n) is 11.5. The Kier molecular flexibility index (Phi) is 8.67. The van der Waals surface area contributed by atoms with Crippen LogP contribution in [0, 0.1) is 5.92 Å². The van der Waals surface area contributed by atoms with Crippen LogP contribution in [0.25, 0.3) is 0 Å². The van der Waals surface area contributed by atoms with E-state index in [0.29, 0.717) is 12.0 Å². The molecule has 1 fully saturated rings. The lowest BCUT2D eigenvalue weighted by Crippen LogP contribution is -2.40. The first-order chi connectivity index (χ1) is 8.38. The zero-order valence-corrected chi connectivity index (χ0v) is 11.5. The van der Waals surface area contributed by atoms with E-state index in [-0.39, 0.29) is 0 Å². The van der Waals surface area contributed by atoms with Gasteiger partial charge in [-0.2, -0.15) is 0 Å². The second kappa shape index (κ2) is 9.86. The Labute approximate surface area is 106 Å². The van der Waals surface area contributed by atoms with Gasteiger partial charge < -0.3 is 14.8 Å². The lowest BCUT2D eigenvalue weighted by atomic mass is 9.90. The van der Waals surface area contributed by atoms with Crippen molar-refractivity contribution in [1.29, 1.82) is 0 Å². The Balaban J connectivity index is 2.25. The van der Waals surface area contributed by atoms with Gasteiger partial charge in [-0.05, 0) is 51.5 Å². The van der Waals surface area contributed by atoms with E-state index in [4.69, 9.17) is 9.47 Å². The van der Waals surface area contributed by atoms with Crippen molar-refractivity contribution in [3.8, 4) is 0 Å². The van der Waals surface area contributed by atoms with E-state index in [1.54, 1.807) is 0 Å². The first kappa shape index (κ1) is 14.9. The quantitative estimate of drug-likeness (QED) is 0.631. The minimum Gasteiger partial charge on any atom is -0.382 e. The molecule has 1 aliphatic rings. The van der Waals surface area contributed by atoms with Crippen molar-refractivity contribution >= 4 is 0 Å². The second-order valence-electron chi connectivity index (χ2n) is 4.88. The summed E-state index contributed by atoms with van der Waals surface area (Å²) in [5, 5.41) is 3.68. The molecule has 0 amide bonds. The van der Waals surface area contributed by atoms with E-state index in [0.717, 1.165) is 39.4 Å². The number of hydrogen-bond acceptors (Lipinski definition) is 3. The first-order valence-corrected chi connectivity index (χ1v) is 7.27. The van der Waals surface area contributed by atoms with E-state index in [2.05, 4.69) is 19.2 Å². The monoisotopic (exact) mass is 243 g/mol. The molecule has 1 N–H and O–H groups in total. The molecule has 0 saturated carbocycles. The molecule has 0 radical (unpaired) electrons. The number of rotatable bonds is 9. The summed E-state index contributed by atoms with van der Waals surface area (Å²) in [5.41, 5.74) is 0. The van der Waals surface area contributed by atoms with Gasteiger partial charge in [0.15, 0.2) is 0 Å². The first-order valence-electron chi connectivity index (χ1n) is 7.27.